The van der Waals surface area contributed by atoms with Crippen LogP contribution in [0.4, 0.5) is 5.95 Å². The molecule has 1 aliphatic rings. The van der Waals surface area contributed by atoms with Gasteiger partial charge in [-0.15, -0.1) is 0 Å². The van der Waals surface area contributed by atoms with Crippen LogP contribution in [-0.2, 0) is 7.05 Å². The zero-order valence-corrected chi connectivity index (χ0v) is 15.5. The zero-order chi connectivity index (χ0) is 18.8. The van der Waals surface area contributed by atoms with Crippen LogP contribution < -0.4 is 4.90 Å². The van der Waals surface area contributed by atoms with Crippen molar-refractivity contribution in [3.05, 3.63) is 48.3 Å². The Hall–Kier alpha value is -3.16. The highest BCUT2D eigenvalue weighted by molar-refractivity contribution is 5.93. The molecule has 0 unspecified atom stereocenters. The maximum atomic E-state index is 12.5. The summed E-state index contributed by atoms with van der Waals surface area (Å²) in [6.45, 7) is 4.82. The van der Waals surface area contributed by atoms with Gasteiger partial charge in [0.1, 0.15) is 6.26 Å². The van der Waals surface area contributed by atoms with Crippen molar-refractivity contribution in [2.45, 2.75) is 13.3 Å². The summed E-state index contributed by atoms with van der Waals surface area (Å²) in [5, 5.41) is 4.39. The topological polar surface area (TPSA) is 80.3 Å². The molecule has 1 fully saturated rings. The normalized spacial score (nSPS) is 15.0. The molecule has 4 rings (SSSR count). The number of hydrogen-bond donors (Lipinski definition) is 0. The Morgan fingerprint density at radius 1 is 1.19 bits per heavy atom. The van der Waals surface area contributed by atoms with Gasteiger partial charge in [-0.3, -0.25) is 9.48 Å². The van der Waals surface area contributed by atoms with Crippen LogP contribution in [0.5, 0.6) is 0 Å². The lowest BCUT2D eigenvalue weighted by Crippen LogP contribution is -2.35. The van der Waals surface area contributed by atoms with Crippen molar-refractivity contribution in [1.82, 2.24) is 24.6 Å². The molecule has 0 atom stereocenters. The lowest BCUT2D eigenvalue weighted by Gasteiger charge is -2.22. The van der Waals surface area contributed by atoms with E-state index in [1.807, 2.05) is 31.1 Å². The van der Waals surface area contributed by atoms with Crippen molar-refractivity contribution in [2.24, 2.45) is 7.05 Å². The maximum absolute atomic E-state index is 12.5. The summed E-state index contributed by atoms with van der Waals surface area (Å²) in [5.41, 5.74) is 3.40. The van der Waals surface area contributed by atoms with Gasteiger partial charge in [-0.1, -0.05) is 0 Å². The summed E-state index contributed by atoms with van der Waals surface area (Å²) in [6, 6.07) is 3.61. The Bertz CT molecular complexity index is 934. The number of furan rings is 1. The molecule has 8 heteroatoms. The van der Waals surface area contributed by atoms with Gasteiger partial charge < -0.3 is 14.2 Å². The van der Waals surface area contributed by atoms with E-state index in [2.05, 4.69) is 15.0 Å². The molecule has 3 aromatic heterocycles. The monoisotopic (exact) mass is 366 g/mol. The molecule has 0 bridgehead atoms. The first-order valence-electron chi connectivity index (χ1n) is 9.02. The third-order valence-corrected chi connectivity index (χ3v) is 4.77. The fourth-order valence-corrected chi connectivity index (χ4v) is 3.39. The molecule has 3 aromatic rings. The Morgan fingerprint density at radius 3 is 2.81 bits per heavy atom. The van der Waals surface area contributed by atoms with E-state index in [4.69, 9.17) is 9.40 Å². The largest absolute Gasteiger partial charge is 0.472 e. The van der Waals surface area contributed by atoms with Crippen molar-refractivity contribution in [3.8, 4) is 11.3 Å². The molecule has 27 heavy (non-hydrogen) atoms. The van der Waals surface area contributed by atoms with Crippen LogP contribution in [0.2, 0.25) is 0 Å². The maximum Gasteiger partial charge on any atom is 0.257 e. The van der Waals surface area contributed by atoms with Gasteiger partial charge >= 0.3 is 0 Å². The molecule has 0 aromatic carbocycles. The number of aromatic nitrogens is 4. The van der Waals surface area contributed by atoms with E-state index in [-0.39, 0.29) is 5.91 Å². The quantitative estimate of drug-likeness (QED) is 0.706. The number of hydrogen-bond acceptors (Lipinski definition) is 6. The molecule has 0 spiro atoms. The van der Waals surface area contributed by atoms with Crippen molar-refractivity contribution < 1.29 is 9.21 Å². The third-order valence-electron chi connectivity index (χ3n) is 4.77. The highest BCUT2D eigenvalue weighted by Crippen LogP contribution is 2.22. The molecular formula is C19H22N6O2. The fraction of sp³-hybridized carbons (Fsp3) is 0.368. The standard InChI is InChI=1S/C19H22N6O2/c1-14-16(12-23(2)22-14)17-4-6-20-19(21-17)25-8-3-7-24(9-10-25)18(26)15-5-11-27-13-15/h4-6,11-13H,3,7-10H2,1-2H3. The molecule has 4 heterocycles. The molecular weight excluding hydrogens is 344 g/mol. The van der Waals surface area contributed by atoms with Crippen molar-refractivity contribution in [3.63, 3.8) is 0 Å². The number of anilines is 1. The second-order valence-electron chi connectivity index (χ2n) is 6.69. The Kier molecular flexibility index (Phi) is 4.62. The summed E-state index contributed by atoms with van der Waals surface area (Å²) < 4.78 is 6.82. The van der Waals surface area contributed by atoms with Crippen LogP contribution in [-0.4, -0.2) is 56.7 Å². The molecule has 0 N–H and O–H groups in total. The van der Waals surface area contributed by atoms with Gasteiger partial charge in [-0.05, 0) is 25.5 Å². The van der Waals surface area contributed by atoms with Crippen LogP contribution in [0.1, 0.15) is 22.5 Å². The summed E-state index contributed by atoms with van der Waals surface area (Å²) >= 11 is 0. The molecule has 140 valence electrons. The van der Waals surface area contributed by atoms with Crippen molar-refractivity contribution >= 4 is 11.9 Å². The molecule has 0 saturated carbocycles. The number of rotatable bonds is 3. The minimum atomic E-state index is 0.00579. The zero-order valence-electron chi connectivity index (χ0n) is 15.5. The second-order valence-corrected chi connectivity index (χ2v) is 6.69. The van der Waals surface area contributed by atoms with Crippen LogP contribution in [0, 0.1) is 6.92 Å². The number of nitrogens with zero attached hydrogens (tertiary/aromatic N) is 6. The molecule has 1 saturated heterocycles. The highest BCUT2D eigenvalue weighted by atomic mass is 16.3. The summed E-state index contributed by atoms with van der Waals surface area (Å²) in [4.78, 5) is 25.7. The first-order chi connectivity index (χ1) is 13.1. The van der Waals surface area contributed by atoms with E-state index in [1.165, 1.54) is 12.5 Å². The molecule has 0 radical (unpaired) electrons. The lowest BCUT2D eigenvalue weighted by molar-refractivity contribution is 0.0766. The van der Waals surface area contributed by atoms with Crippen molar-refractivity contribution in [2.75, 3.05) is 31.1 Å². The highest BCUT2D eigenvalue weighted by Gasteiger charge is 2.22. The van der Waals surface area contributed by atoms with E-state index < -0.39 is 0 Å². The first kappa shape index (κ1) is 17.3. The first-order valence-corrected chi connectivity index (χ1v) is 9.02. The Morgan fingerprint density at radius 2 is 2.07 bits per heavy atom. The average molecular weight is 366 g/mol. The second kappa shape index (κ2) is 7.22. The number of carbonyl (C=O) groups is 1. The van der Waals surface area contributed by atoms with E-state index >= 15 is 0 Å². The van der Waals surface area contributed by atoms with E-state index in [0.29, 0.717) is 31.1 Å². The SMILES string of the molecule is Cc1nn(C)cc1-c1ccnc(N2CCCN(C(=O)c3ccoc3)CC2)n1. The minimum Gasteiger partial charge on any atom is -0.472 e. The van der Waals surface area contributed by atoms with E-state index in [1.54, 1.807) is 16.9 Å². The van der Waals surface area contributed by atoms with Crippen LogP contribution in [0.15, 0.2) is 41.5 Å². The molecule has 1 amide bonds. The van der Waals surface area contributed by atoms with Crippen LogP contribution >= 0.6 is 0 Å². The van der Waals surface area contributed by atoms with Crippen LogP contribution in [0.3, 0.4) is 0 Å². The molecule has 1 aliphatic heterocycles. The van der Waals surface area contributed by atoms with Gasteiger partial charge in [0.15, 0.2) is 0 Å². The third kappa shape index (κ3) is 3.55. The molecule has 8 nitrogen and oxygen atoms in total. The summed E-state index contributed by atoms with van der Waals surface area (Å²) in [5.74, 6) is 0.694. The van der Waals surface area contributed by atoms with Gasteiger partial charge in [0.2, 0.25) is 5.95 Å². The van der Waals surface area contributed by atoms with Gasteiger partial charge in [0, 0.05) is 51.2 Å². The Balaban J connectivity index is 1.50. The molecule has 0 aliphatic carbocycles. The predicted octanol–water partition coefficient (Wildman–Crippen LogP) is 2.13. The number of amides is 1. The Labute approximate surface area is 157 Å². The minimum absolute atomic E-state index is 0.00579. The average Bonchev–Trinajstić information content (AvgIpc) is 3.24. The number of carbonyl (C=O) groups excluding carboxylic acids is 1. The van der Waals surface area contributed by atoms with Gasteiger partial charge in [-0.2, -0.15) is 5.10 Å². The van der Waals surface area contributed by atoms with Gasteiger partial charge in [0.05, 0.1) is 23.2 Å². The van der Waals surface area contributed by atoms with Gasteiger partial charge in [-0.25, -0.2) is 9.97 Å². The smallest absolute Gasteiger partial charge is 0.257 e. The fourth-order valence-electron chi connectivity index (χ4n) is 3.39. The lowest BCUT2D eigenvalue weighted by atomic mass is 10.2. The van der Waals surface area contributed by atoms with E-state index in [0.717, 1.165) is 29.9 Å². The van der Waals surface area contributed by atoms with E-state index in [9.17, 15) is 4.79 Å². The van der Waals surface area contributed by atoms with Crippen molar-refractivity contribution in [1.29, 1.82) is 0 Å². The summed E-state index contributed by atoms with van der Waals surface area (Å²) in [7, 11) is 1.90. The predicted molar refractivity (Wildman–Crippen MR) is 100 cm³/mol. The van der Waals surface area contributed by atoms with Crippen LogP contribution in [0.25, 0.3) is 11.3 Å². The number of aryl methyl sites for hydroxylation is 2. The van der Waals surface area contributed by atoms with Gasteiger partial charge in [0.25, 0.3) is 5.91 Å². The summed E-state index contributed by atoms with van der Waals surface area (Å²) in [6.07, 6.45) is 7.63.